The summed E-state index contributed by atoms with van der Waals surface area (Å²) < 4.78 is 0. The van der Waals surface area contributed by atoms with Gasteiger partial charge in [-0.25, -0.2) is 0 Å². The zero-order valence-electron chi connectivity index (χ0n) is 13.5. The highest BCUT2D eigenvalue weighted by Gasteiger charge is 2.61. The lowest BCUT2D eigenvalue weighted by Crippen LogP contribution is -2.50. The zero-order chi connectivity index (χ0) is 16.4. The Kier molecular flexibility index (Phi) is 3.11. The molecule has 1 aromatic rings. The van der Waals surface area contributed by atoms with Crippen LogP contribution < -0.4 is 0 Å². The summed E-state index contributed by atoms with van der Waals surface area (Å²) in [6, 6.07) is 5.39. The number of aliphatic hydroxyl groups excluding tert-OH is 1. The maximum atomic E-state index is 10.9. The molecular weight excluding hydrogens is 288 g/mol. The minimum atomic E-state index is -1.01. The standard InChI is InChI=1S/C20H24O3/c1-3-20(23)9-7-17-15-11-18(22)16-10-12(21)4-5-13(16)14(15)6-8-19(17,20)2/h1,4-5,10,14-15,17-18,21-23H,6-9,11H2,2H3/t14-,15-,17+,18+,19+,20+/m1/s1. The van der Waals surface area contributed by atoms with Crippen molar-refractivity contribution < 1.29 is 15.3 Å². The first kappa shape index (κ1) is 15.1. The fourth-order valence-corrected chi connectivity index (χ4v) is 5.83. The predicted molar refractivity (Wildman–Crippen MR) is 87.8 cm³/mol. The molecule has 0 aromatic heterocycles. The number of aromatic hydroxyl groups is 1. The van der Waals surface area contributed by atoms with Crippen LogP contribution in [0.25, 0.3) is 0 Å². The number of hydrogen-bond donors (Lipinski definition) is 3. The van der Waals surface area contributed by atoms with Gasteiger partial charge in [0.25, 0.3) is 0 Å². The zero-order valence-corrected chi connectivity index (χ0v) is 13.5. The summed E-state index contributed by atoms with van der Waals surface area (Å²) in [6.45, 7) is 2.14. The molecule has 6 atom stereocenters. The SMILES string of the molecule is C#C[C@]1(O)CC[C@H]2[C@@H]3C[C@H](O)c4cc(O)ccc4[C@H]3CC[C@@]21C. The molecule has 3 nitrogen and oxygen atoms in total. The second kappa shape index (κ2) is 4.75. The van der Waals surface area contributed by atoms with Crippen molar-refractivity contribution in [3.8, 4) is 18.1 Å². The Bertz CT molecular complexity index is 691. The third kappa shape index (κ3) is 1.86. The van der Waals surface area contributed by atoms with Crippen LogP contribution in [0.3, 0.4) is 0 Å². The van der Waals surface area contributed by atoms with E-state index in [1.165, 1.54) is 5.56 Å². The van der Waals surface area contributed by atoms with Crippen LogP contribution in [0.2, 0.25) is 0 Å². The average molecular weight is 312 g/mol. The number of aliphatic hydroxyl groups is 2. The van der Waals surface area contributed by atoms with Gasteiger partial charge in [-0.2, -0.15) is 0 Å². The molecule has 2 fully saturated rings. The highest BCUT2D eigenvalue weighted by atomic mass is 16.3. The molecule has 0 bridgehead atoms. The molecule has 3 heteroatoms. The van der Waals surface area contributed by atoms with Crippen LogP contribution in [0.15, 0.2) is 18.2 Å². The Balaban J connectivity index is 1.76. The number of benzene rings is 1. The summed E-state index contributed by atoms with van der Waals surface area (Å²) in [5.74, 6) is 3.98. The number of rotatable bonds is 0. The van der Waals surface area contributed by atoms with Gasteiger partial charge in [-0.05, 0) is 73.1 Å². The van der Waals surface area contributed by atoms with Crippen molar-refractivity contribution in [1.29, 1.82) is 0 Å². The molecule has 4 rings (SSSR count). The molecule has 0 unspecified atom stereocenters. The average Bonchev–Trinajstić information content (AvgIpc) is 2.80. The lowest BCUT2D eigenvalue weighted by Gasteiger charge is -2.52. The third-order valence-corrected chi connectivity index (χ3v) is 7.15. The Labute approximate surface area is 137 Å². The molecule has 122 valence electrons. The van der Waals surface area contributed by atoms with Crippen molar-refractivity contribution in [3.05, 3.63) is 29.3 Å². The molecule has 0 amide bonds. The molecule has 0 aliphatic heterocycles. The van der Waals surface area contributed by atoms with Gasteiger partial charge in [-0.15, -0.1) is 6.42 Å². The van der Waals surface area contributed by atoms with Crippen molar-refractivity contribution in [3.63, 3.8) is 0 Å². The fourth-order valence-electron chi connectivity index (χ4n) is 5.83. The van der Waals surface area contributed by atoms with E-state index in [0.29, 0.717) is 30.6 Å². The van der Waals surface area contributed by atoms with Gasteiger partial charge in [0.05, 0.1) is 6.10 Å². The van der Waals surface area contributed by atoms with E-state index in [1.807, 2.05) is 6.07 Å². The van der Waals surface area contributed by atoms with Crippen LogP contribution in [-0.4, -0.2) is 20.9 Å². The Hall–Kier alpha value is -1.50. The van der Waals surface area contributed by atoms with E-state index < -0.39 is 11.7 Å². The summed E-state index contributed by atoms with van der Waals surface area (Å²) in [5.41, 5.74) is 0.782. The molecule has 0 saturated heterocycles. The first-order valence-electron chi connectivity index (χ1n) is 8.60. The van der Waals surface area contributed by atoms with Crippen LogP contribution in [0.1, 0.15) is 62.2 Å². The molecule has 3 aliphatic rings. The second-order valence-corrected chi connectivity index (χ2v) is 7.94. The fraction of sp³-hybridized carbons (Fsp3) is 0.600. The number of terminal acetylenes is 1. The molecule has 23 heavy (non-hydrogen) atoms. The van der Waals surface area contributed by atoms with Gasteiger partial charge in [0.2, 0.25) is 0 Å². The van der Waals surface area contributed by atoms with E-state index in [2.05, 4.69) is 12.8 Å². The predicted octanol–water partition coefficient (Wildman–Crippen LogP) is 3.10. The van der Waals surface area contributed by atoms with Gasteiger partial charge in [0.15, 0.2) is 0 Å². The largest absolute Gasteiger partial charge is 0.508 e. The van der Waals surface area contributed by atoms with Gasteiger partial charge < -0.3 is 15.3 Å². The monoisotopic (exact) mass is 312 g/mol. The van der Waals surface area contributed by atoms with Crippen LogP contribution in [0, 0.1) is 29.6 Å². The minimum absolute atomic E-state index is 0.212. The lowest BCUT2D eigenvalue weighted by atomic mass is 9.53. The van der Waals surface area contributed by atoms with Crippen molar-refractivity contribution in [2.45, 2.75) is 56.7 Å². The first-order valence-corrected chi connectivity index (χ1v) is 8.60. The van der Waals surface area contributed by atoms with Crippen LogP contribution in [-0.2, 0) is 0 Å². The van der Waals surface area contributed by atoms with Gasteiger partial charge in [0.1, 0.15) is 11.4 Å². The quantitative estimate of drug-likeness (QED) is 0.645. The highest BCUT2D eigenvalue weighted by molar-refractivity contribution is 5.42. The Morgan fingerprint density at radius 2 is 2.00 bits per heavy atom. The van der Waals surface area contributed by atoms with E-state index in [1.54, 1.807) is 12.1 Å². The van der Waals surface area contributed by atoms with E-state index >= 15 is 0 Å². The number of hydrogen-bond acceptors (Lipinski definition) is 3. The number of fused-ring (bicyclic) bond motifs is 5. The van der Waals surface area contributed by atoms with Crippen molar-refractivity contribution in [2.75, 3.05) is 0 Å². The molecule has 1 aromatic carbocycles. The Morgan fingerprint density at radius 3 is 2.74 bits per heavy atom. The van der Waals surface area contributed by atoms with Crippen molar-refractivity contribution in [2.24, 2.45) is 17.3 Å². The molecular formula is C20H24O3. The topological polar surface area (TPSA) is 60.7 Å². The van der Waals surface area contributed by atoms with E-state index in [-0.39, 0.29) is 11.2 Å². The van der Waals surface area contributed by atoms with Gasteiger partial charge >= 0.3 is 0 Å². The summed E-state index contributed by atoms with van der Waals surface area (Å²) >= 11 is 0. The van der Waals surface area contributed by atoms with E-state index in [4.69, 9.17) is 6.42 Å². The van der Waals surface area contributed by atoms with Gasteiger partial charge in [-0.1, -0.05) is 18.9 Å². The van der Waals surface area contributed by atoms with Gasteiger partial charge in [0, 0.05) is 5.41 Å². The summed E-state index contributed by atoms with van der Waals surface area (Å²) in [7, 11) is 0. The smallest absolute Gasteiger partial charge is 0.130 e. The van der Waals surface area contributed by atoms with Crippen molar-refractivity contribution >= 4 is 0 Å². The molecule has 0 radical (unpaired) electrons. The van der Waals surface area contributed by atoms with Gasteiger partial charge in [-0.3, -0.25) is 0 Å². The Morgan fingerprint density at radius 1 is 1.22 bits per heavy atom. The summed E-state index contributed by atoms with van der Waals surface area (Å²) in [5, 5.41) is 31.2. The molecule has 2 saturated carbocycles. The number of phenolic OH excluding ortho intramolecular Hbond substituents is 1. The normalized spacial score (nSPS) is 44.8. The highest BCUT2D eigenvalue weighted by Crippen LogP contribution is 2.65. The summed E-state index contributed by atoms with van der Waals surface area (Å²) in [4.78, 5) is 0. The molecule has 3 N–H and O–H groups in total. The third-order valence-electron chi connectivity index (χ3n) is 7.15. The maximum Gasteiger partial charge on any atom is 0.130 e. The van der Waals surface area contributed by atoms with E-state index in [0.717, 1.165) is 24.8 Å². The van der Waals surface area contributed by atoms with Crippen LogP contribution in [0.4, 0.5) is 0 Å². The molecule has 0 heterocycles. The van der Waals surface area contributed by atoms with Crippen LogP contribution in [0.5, 0.6) is 5.75 Å². The number of phenols is 1. The summed E-state index contributed by atoms with van der Waals surface area (Å²) in [6.07, 6.45) is 9.31. The first-order chi connectivity index (χ1) is 10.9. The second-order valence-electron chi connectivity index (χ2n) is 7.94. The van der Waals surface area contributed by atoms with Crippen molar-refractivity contribution in [1.82, 2.24) is 0 Å². The molecule has 3 aliphatic carbocycles. The van der Waals surface area contributed by atoms with E-state index in [9.17, 15) is 15.3 Å². The lowest BCUT2D eigenvalue weighted by molar-refractivity contribution is -0.0729. The molecule has 0 spiro atoms. The van der Waals surface area contributed by atoms with Crippen LogP contribution >= 0.6 is 0 Å². The minimum Gasteiger partial charge on any atom is -0.508 e. The maximum absolute atomic E-state index is 10.9.